The number of hydrogen-bond donors (Lipinski definition) is 1. The molecule has 0 aliphatic rings. The van der Waals surface area contributed by atoms with Crippen molar-refractivity contribution in [2.45, 2.75) is 31.2 Å². The van der Waals surface area contributed by atoms with Gasteiger partial charge in [-0.25, -0.2) is 8.42 Å². The fraction of sp³-hybridized carbons (Fsp3) is 0.240. The fourth-order valence-electron chi connectivity index (χ4n) is 3.33. The van der Waals surface area contributed by atoms with Crippen molar-refractivity contribution < 1.29 is 17.9 Å². The molecule has 168 valence electrons. The van der Waals surface area contributed by atoms with Crippen LogP contribution < -0.4 is 14.4 Å². The second-order valence-electron chi connectivity index (χ2n) is 7.41. The van der Waals surface area contributed by atoms with Crippen molar-refractivity contribution in [3.8, 4) is 5.75 Å². The van der Waals surface area contributed by atoms with Gasteiger partial charge in [0.25, 0.3) is 10.0 Å². The SMILES string of the molecule is CCc1ccc(C(C)NC(=O)CN(c2ccc(OC)cc2)S(=O)(=O)c2ccccc2)cc1. The summed E-state index contributed by atoms with van der Waals surface area (Å²) in [5.74, 6) is 0.201. The van der Waals surface area contributed by atoms with E-state index in [-0.39, 0.29) is 17.5 Å². The third-order valence-electron chi connectivity index (χ3n) is 5.24. The van der Waals surface area contributed by atoms with E-state index in [9.17, 15) is 13.2 Å². The minimum absolute atomic E-state index is 0.117. The van der Waals surface area contributed by atoms with Gasteiger partial charge in [-0.05, 0) is 60.9 Å². The lowest BCUT2D eigenvalue weighted by atomic mass is 10.1. The van der Waals surface area contributed by atoms with Crippen LogP contribution in [0.2, 0.25) is 0 Å². The molecule has 0 bridgehead atoms. The summed E-state index contributed by atoms with van der Waals surface area (Å²) in [5.41, 5.74) is 2.55. The van der Waals surface area contributed by atoms with Crippen molar-refractivity contribution in [3.05, 3.63) is 90.0 Å². The van der Waals surface area contributed by atoms with Crippen LogP contribution in [0, 0.1) is 0 Å². The zero-order chi connectivity index (χ0) is 23.1. The van der Waals surface area contributed by atoms with Crippen molar-refractivity contribution in [1.82, 2.24) is 5.32 Å². The van der Waals surface area contributed by atoms with E-state index >= 15 is 0 Å². The lowest BCUT2D eigenvalue weighted by Gasteiger charge is -2.25. The van der Waals surface area contributed by atoms with E-state index in [1.54, 1.807) is 42.5 Å². The van der Waals surface area contributed by atoms with E-state index in [4.69, 9.17) is 4.74 Å². The standard InChI is InChI=1S/C25H28N2O4S/c1-4-20-10-12-21(13-11-20)19(2)26-25(28)18-27(22-14-16-23(31-3)17-15-22)32(29,30)24-8-6-5-7-9-24/h5-17,19H,4,18H2,1-3H3,(H,26,28). The number of nitrogens with one attached hydrogen (secondary N) is 1. The van der Waals surface area contributed by atoms with Gasteiger partial charge in [0.15, 0.2) is 0 Å². The number of carbonyl (C=O) groups excluding carboxylic acids is 1. The van der Waals surface area contributed by atoms with E-state index in [0.29, 0.717) is 11.4 Å². The Labute approximate surface area is 189 Å². The maximum atomic E-state index is 13.4. The minimum atomic E-state index is -3.95. The molecule has 0 spiro atoms. The van der Waals surface area contributed by atoms with E-state index < -0.39 is 15.9 Å². The van der Waals surface area contributed by atoms with Gasteiger partial charge in [-0.1, -0.05) is 49.4 Å². The Bertz CT molecular complexity index is 1130. The molecule has 0 aliphatic carbocycles. The van der Waals surface area contributed by atoms with Crippen molar-refractivity contribution in [2.24, 2.45) is 0 Å². The second kappa shape index (κ2) is 10.3. The minimum Gasteiger partial charge on any atom is -0.497 e. The Kier molecular flexibility index (Phi) is 7.53. The Balaban J connectivity index is 1.85. The molecule has 3 aromatic rings. The topological polar surface area (TPSA) is 75.7 Å². The molecular weight excluding hydrogens is 424 g/mol. The smallest absolute Gasteiger partial charge is 0.264 e. The predicted molar refractivity (Wildman–Crippen MR) is 126 cm³/mol. The largest absolute Gasteiger partial charge is 0.497 e. The van der Waals surface area contributed by atoms with E-state index in [1.165, 1.54) is 24.8 Å². The van der Waals surface area contributed by atoms with Gasteiger partial charge in [0, 0.05) is 0 Å². The summed E-state index contributed by atoms with van der Waals surface area (Å²) >= 11 is 0. The Morgan fingerprint density at radius 1 is 0.969 bits per heavy atom. The lowest BCUT2D eigenvalue weighted by Crippen LogP contribution is -2.41. The molecule has 7 heteroatoms. The van der Waals surface area contributed by atoms with Crippen LogP contribution in [0.4, 0.5) is 5.69 Å². The lowest BCUT2D eigenvalue weighted by molar-refractivity contribution is -0.120. The monoisotopic (exact) mass is 452 g/mol. The molecule has 0 fully saturated rings. The van der Waals surface area contributed by atoms with Gasteiger partial charge in [-0.2, -0.15) is 0 Å². The molecule has 0 heterocycles. The summed E-state index contributed by atoms with van der Waals surface area (Å²) in [5, 5.41) is 2.91. The van der Waals surface area contributed by atoms with Gasteiger partial charge in [-0.3, -0.25) is 9.10 Å². The van der Waals surface area contributed by atoms with Gasteiger partial charge < -0.3 is 10.1 Å². The first-order valence-electron chi connectivity index (χ1n) is 10.4. The molecule has 0 radical (unpaired) electrons. The van der Waals surface area contributed by atoms with Gasteiger partial charge >= 0.3 is 0 Å². The second-order valence-corrected chi connectivity index (χ2v) is 9.27. The van der Waals surface area contributed by atoms with Gasteiger partial charge in [0.2, 0.25) is 5.91 Å². The van der Waals surface area contributed by atoms with Crippen molar-refractivity contribution in [3.63, 3.8) is 0 Å². The summed E-state index contributed by atoms with van der Waals surface area (Å²) in [6, 6.07) is 22.4. The Morgan fingerprint density at radius 3 is 2.16 bits per heavy atom. The summed E-state index contributed by atoms with van der Waals surface area (Å²) in [7, 11) is -2.41. The summed E-state index contributed by atoms with van der Waals surface area (Å²) < 4.78 is 33.0. The summed E-state index contributed by atoms with van der Waals surface area (Å²) in [6.07, 6.45) is 0.940. The highest BCUT2D eigenvalue weighted by Gasteiger charge is 2.27. The van der Waals surface area contributed by atoms with Crippen LogP contribution in [0.3, 0.4) is 0 Å². The number of anilines is 1. The van der Waals surface area contributed by atoms with Gasteiger partial charge in [0.1, 0.15) is 12.3 Å². The van der Waals surface area contributed by atoms with Crippen LogP contribution in [0.25, 0.3) is 0 Å². The highest BCUT2D eigenvalue weighted by atomic mass is 32.2. The van der Waals surface area contributed by atoms with Crippen LogP contribution in [0.15, 0.2) is 83.8 Å². The van der Waals surface area contributed by atoms with Crippen LogP contribution >= 0.6 is 0 Å². The fourth-order valence-corrected chi connectivity index (χ4v) is 4.77. The summed E-state index contributed by atoms with van der Waals surface area (Å²) in [6.45, 7) is 3.62. The number of nitrogens with zero attached hydrogens (tertiary/aromatic N) is 1. The van der Waals surface area contributed by atoms with Crippen LogP contribution in [0.5, 0.6) is 5.75 Å². The quantitative estimate of drug-likeness (QED) is 0.524. The first kappa shape index (κ1) is 23.3. The molecule has 1 N–H and O–H groups in total. The van der Waals surface area contributed by atoms with E-state index in [2.05, 4.69) is 12.2 Å². The molecule has 0 saturated heterocycles. The summed E-state index contributed by atoms with van der Waals surface area (Å²) in [4.78, 5) is 13.0. The van der Waals surface area contributed by atoms with Gasteiger partial charge in [0.05, 0.1) is 23.7 Å². The average molecular weight is 453 g/mol. The molecule has 0 aromatic heterocycles. The third kappa shape index (κ3) is 5.48. The number of sulfonamides is 1. The molecule has 1 atom stereocenters. The molecular formula is C25H28N2O4S. The Morgan fingerprint density at radius 2 is 1.59 bits per heavy atom. The zero-order valence-corrected chi connectivity index (χ0v) is 19.3. The molecule has 1 unspecified atom stereocenters. The molecule has 1 amide bonds. The first-order valence-corrected chi connectivity index (χ1v) is 11.9. The highest BCUT2D eigenvalue weighted by molar-refractivity contribution is 7.92. The third-order valence-corrected chi connectivity index (χ3v) is 7.03. The molecule has 6 nitrogen and oxygen atoms in total. The molecule has 0 saturated carbocycles. The van der Waals surface area contributed by atoms with Crippen LogP contribution in [-0.2, 0) is 21.2 Å². The highest BCUT2D eigenvalue weighted by Crippen LogP contribution is 2.26. The molecule has 32 heavy (non-hydrogen) atoms. The number of amides is 1. The van der Waals surface area contributed by atoms with E-state index in [0.717, 1.165) is 16.3 Å². The van der Waals surface area contributed by atoms with E-state index in [1.807, 2.05) is 31.2 Å². The predicted octanol–water partition coefficient (Wildman–Crippen LogP) is 4.33. The zero-order valence-electron chi connectivity index (χ0n) is 18.5. The van der Waals surface area contributed by atoms with Gasteiger partial charge in [-0.15, -0.1) is 0 Å². The Hall–Kier alpha value is -3.32. The van der Waals surface area contributed by atoms with Crippen molar-refractivity contribution in [2.75, 3.05) is 18.0 Å². The maximum absolute atomic E-state index is 13.4. The molecule has 3 aromatic carbocycles. The normalized spacial score (nSPS) is 12.1. The number of aryl methyl sites for hydroxylation is 1. The average Bonchev–Trinajstić information content (AvgIpc) is 2.83. The first-order chi connectivity index (χ1) is 15.3. The number of benzene rings is 3. The number of hydrogen-bond acceptors (Lipinski definition) is 4. The van der Waals surface area contributed by atoms with Crippen LogP contribution in [0.1, 0.15) is 31.0 Å². The van der Waals surface area contributed by atoms with Crippen molar-refractivity contribution in [1.29, 1.82) is 0 Å². The maximum Gasteiger partial charge on any atom is 0.264 e. The van der Waals surface area contributed by atoms with Crippen LogP contribution in [-0.4, -0.2) is 28.0 Å². The number of carbonyl (C=O) groups is 1. The molecule has 0 aliphatic heterocycles. The van der Waals surface area contributed by atoms with Crippen molar-refractivity contribution >= 4 is 21.6 Å². The molecule has 3 rings (SSSR count). The number of ether oxygens (including phenoxy) is 1. The number of methoxy groups -OCH3 is 1. The number of rotatable bonds is 9.